The molecular formula is C25H26N4O8S. The molecule has 4 rings (SSSR count). The molecule has 0 aliphatic carbocycles. The van der Waals surface area contributed by atoms with E-state index < -0.39 is 38.0 Å². The van der Waals surface area contributed by atoms with Gasteiger partial charge in [-0.05, 0) is 35.9 Å². The summed E-state index contributed by atoms with van der Waals surface area (Å²) in [7, 11) is 0.328. The highest BCUT2D eigenvalue weighted by atomic mass is 32.2. The van der Waals surface area contributed by atoms with Crippen molar-refractivity contribution in [3.8, 4) is 28.5 Å². The Morgan fingerprint density at radius 1 is 1.00 bits per heavy atom. The van der Waals surface area contributed by atoms with E-state index in [0.29, 0.717) is 28.5 Å². The van der Waals surface area contributed by atoms with E-state index in [2.05, 4.69) is 4.98 Å². The largest absolute Gasteiger partial charge is 0.493 e. The lowest BCUT2D eigenvalue weighted by atomic mass is 10.1. The highest BCUT2D eigenvalue weighted by Crippen LogP contribution is 2.41. The van der Waals surface area contributed by atoms with Gasteiger partial charge in [-0.3, -0.25) is 19.9 Å². The predicted molar refractivity (Wildman–Crippen MR) is 137 cm³/mol. The van der Waals surface area contributed by atoms with Gasteiger partial charge in [0.1, 0.15) is 0 Å². The molecule has 1 aromatic heterocycles. The fourth-order valence-corrected chi connectivity index (χ4v) is 5.74. The second kappa shape index (κ2) is 11.0. The Labute approximate surface area is 219 Å². The molecule has 0 atom stereocenters. The third-order valence-electron chi connectivity index (χ3n) is 6.12. The minimum Gasteiger partial charge on any atom is -0.493 e. The van der Waals surface area contributed by atoms with Crippen LogP contribution in [0.25, 0.3) is 11.3 Å². The molecule has 0 spiro atoms. The number of nitro groups is 1. The van der Waals surface area contributed by atoms with Crippen molar-refractivity contribution in [2.45, 2.75) is 11.4 Å². The SMILES string of the molecule is COc1cc(-c2cc(CN3CCN(S(=O)(=O)c4ccccc4[N+](=O)[O-])CC3=O)ccn2)cc(OC)c1OC. The van der Waals surface area contributed by atoms with Gasteiger partial charge >= 0.3 is 0 Å². The molecule has 2 aromatic carbocycles. The maximum absolute atomic E-state index is 13.1. The van der Waals surface area contributed by atoms with Gasteiger partial charge in [-0.15, -0.1) is 0 Å². The molecule has 12 nitrogen and oxygen atoms in total. The van der Waals surface area contributed by atoms with Crippen LogP contribution < -0.4 is 14.2 Å². The maximum Gasteiger partial charge on any atom is 0.289 e. The van der Waals surface area contributed by atoms with Gasteiger partial charge in [-0.1, -0.05) is 12.1 Å². The number of nitro benzene ring substituents is 1. The average molecular weight is 543 g/mol. The number of para-hydroxylation sites is 1. The summed E-state index contributed by atoms with van der Waals surface area (Å²) in [5.74, 6) is 0.985. The molecular weight excluding hydrogens is 516 g/mol. The van der Waals surface area contributed by atoms with Gasteiger partial charge in [0, 0.05) is 37.5 Å². The molecule has 0 unspecified atom stereocenters. The number of carbonyl (C=O) groups excluding carboxylic acids is 1. The molecule has 2 heterocycles. The van der Waals surface area contributed by atoms with Crippen molar-refractivity contribution in [3.63, 3.8) is 0 Å². The summed E-state index contributed by atoms with van der Waals surface area (Å²) in [6, 6.07) is 12.2. The number of rotatable bonds is 9. The van der Waals surface area contributed by atoms with Gasteiger partial charge in [-0.2, -0.15) is 4.31 Å². The number of ether oxygens (including phenoxy) is 3. The predicted octanol–water partition coefficient (Wildman–Crippen LogP) is 2.72. The quantitative estimate of drug-likeness (QED) is 0.295. The second-order valence-corrected chi connectivity index (χ2v) is 10.2. The summed E-state index contributed by atoms with van der Waals surface area (Å²) >= 11 is 0. The molecule has 0 N–H and O–H groups in total. The van der Waals surface area contributed by atoms with Crippen molar-refractivity contribution in [3.05, 3.63) is 70.4 Å². The van der Waals surface area contributed by atoms with E-state index in [1.54, 1.807) is 29.3 Å². The third kappa shape index (κ3) is 5.24. The Hall–Kier alpha value is -4.23. The zero-order chi connectivity index (χ0) is 27.4. The first-order valence-electron chi connectivity index (χ1n) is 11.5. The minimum atomic E-state index is -4.23. The molecule has 3 aromatic rings. The standard InChI is InChI=1S/C25H26N4O8S/c1-35-21-13-18(14-22(36-2)25(21)37-3)19-12-17(8-9-26-19)15-27-10-11-28(16-24(27)30)38(33,34)23-7-5-4-6-20(23)29(31)32/h4-9,12-14H,10-11,15-16H2,1-3H3. The number of methoxy groups -OCH3 is 3. The van der Waals surface area contributed by atoms with E-state index in [9.17, 15) is 23.3 Å². The lowest BCUT2D eigenvalue weighted by molar-refractivity contribution is -0.387. The number of nitrogens with zero attached hydrogens (tertiary/aromatic N) is 4. The fourth-order valence-electron chi connectivity index (χ4n) is 4.20. The molecule has 1 fully saturated rings. The van der Waals surface area contributed by atoms with Crippen molar-refractivity contribution >= 4 is 21.6 Å². The monoisotopic (exact) mass is 542 g/mol. The van der Waals surface area contributed by atoms with Gasteiger partial charge in [0.25, 0.3) is 5.69 Å². The van der Waals surface area contributed by atoms with Crippen LogP contribution in [0.1, 0.15) is 5.56 Å². The summed E-state index contributed by atoms with van der Waals surface area (Å²) in [6.45, 7) is -0.0528. The van der Waals surface area contributed by atoms with E-state index in [1.807, 2.05) is 6.07 Å². The van der Waals surface area contributed by atoms with E-state index in [4.69, 9.17) is 14.2 Å². The zero-order valence-corrected chi connectivity index (χ0v) is 21.8. The van der Waals surface area contributed by atoms with Crippen LogP contribution in [-0.2, 0) is 21.4 Å². The van der Waals surface area contributed by atoms with Crippen LogP contribution in [0.4, 0.5) is 5.69 Å². The lowest BCUT2D eigenvalue weighted by Gasteiger charge is -2.33. The van der Waals surface area contributed by atoms with Crippen molar-refractivity contribution in [1.82, 2.24) is 14.2 Å². The first kappa shape index (κ1) is 26.8. The number of pyridine rings is 1. The molecule has 0 radical (unpaired) electrons. The van der Waals surface area contributed by atoms with Crippen LogP contribution in [0, 0.1) is 10.1 Å². The molecule has 0 saturated carbocycles. The van der Waals surface area contributed by atoms with Crippen molar-refractivity contribution in [2.75, 3.05) is 41.0 Å². The highest BCUT2D eigenvalue weighted by Gasteiger charge is 2.36. The Bertz CT molecular complexity index is 1450. The number of piperazine rings is 1. The molecule has 1 aliphatic rings. The Kier molecular flexibility index (Phi) is 7.78. The van der Waals surface area contributed by atoms with Gasteiger partial charge < -0.3 is 19.1 Å². The first-order valence-corrected chi connectivity index (χ1v) is 12.9. The van der Waals surface area contributed by atoms with Crippen LogP contribution in [0.3, 0.4) is 0 Å². The minimum absolute atomic E-state index is 0.00490. The average Bonchev–Trinajstić information content (AvgIpc) is 2.93. The first-order chi connectivity index (χ1) is 18.2. The summed E-state index contributed by atoms with van der Waals surface area (Å²) in [4.78, 5) is 29.0. The van der Waals surface area contributed by atoms with Crippen LogP contribution in [0.5, 0.6) is 17.2 Å². The van der Waals surface area contributed by atoms with Crippen LogP contribution in [0.2, 0.25) is 0 Å². The van der Waals surface area contributed by atoms with Crippen LogP contribution in [-0.4, -0.2) is 74.4 Å². The molecule has 1 saturated heterocycles. The molecule has 200 valence electrons. The Morgan fingerprint density at radius 3 is 2.29 bits per heavy atom. The Balaban J connectivity index is 1.52. The van der Waals surface area contributed by atoms with E-state index in [1.165, 1.54) is 39.5 Å². The van der Waals surface area contributed by atoms with Crippen LogP contribution in [0.15, 0.2) is 59.6 Å². The van der Waals surface area contributed by atoms with Gasteiger partial charge in [0.2, 0.25) is 21.7 Å². The summed E-state index contributed by atoms with van der Waals surface area (Å²) < 4.78 is 43.4. The van der Waals surface area contributed by atoms with E-state index in [-0.39, 0.29) is 19.6 Å². The van der Waals surface area contributed by atoms with E-state index >= 15 is 0 Å². The maximum atomic E-state index is 13.1. The lowest BCUT2D eigenvalue weighted by Crippen LogP contribution is -2.51. The summed E-state index contributed by atoms with van der Waals surface area (Å²) in [5, 5.41) is 11.3. The number of amides is 1. The number of hydrogen-bond donors (Lipinski definition) is 0. The number of benzene rings is 2. The van der Waals surface area contributed by atoms with Gasteiger partial charge in [0.15, 0.2) is 16.4 Å². The van der Waals surface area contributed by atoms with Crippen molar-refractivity contribution in [1.29, 1.82) is 0 Å². The molecule has 38 heavy (non-hydrogen) atoms. The number of sulfonamides is 1. The van der Waals surface area contributed by atoms with Gasteiger partial charge in [-0.25, -0.2) is 8.42 Å². The summed E-state index contributed by atoms with van der Waals surface area (Å²) in [6.07, 6.45) is 1.62. The van der Waals surface area contributed by atoms with Crippen LogP contribution >= 0.6 is 0 Å². The smallest absolute Gasteiger partial charge is 0.289 e. The van der Waals surface area contributed by atoms with Gasteiger partial charge in [0.05, 0.1) is 38.5 Å². The molecule has 13 heteroatoms. The zero-order valence-electron chi connectivity index (χ0n) is 21.0. The second-order valence-electron chi connectivity index (χ2n) is 8.34. The number of aromatic nitrogens is 1. The summed E-state index contributed by atoms with van der Waals surface area (Å²) in [5.41, 5.74) is 1.59. The number of carbonyl (C=O) groups is 1. The molecule has 1 amide bonds. The van der Waals surface area contributed by atoms with E-state index in [0.717, 1.165) is 15.9 Å². The molecule has 0 bridgehead atoms. The normalized spacial score (nSPS) is 14.3. The third-order valence-corrected chi connectivity index (χ3v) is 8.01. The van der Waals surface area contributed by atoms with Crippen molar-refractivity contribution < 1.29 is 32.3 Å². The topological polar surface area (TPSA) is 141 Å². The highest BCUT2D eigenvalue weighted by molar-refractivity contribution is 7.89. The van der Waals surface area contributed by atoms with Crippen molar-refractivity contribution in [2.24, 2.45) is 0 Å². The number of hydrogen-bond acceptors (Lipinski definition) is 9. The Morgan fingerprint density at radius 2 is 1.68 bits per heavy atom. The molecule has 1 aliphatic heterocycles. The fraction of sp³-hybridized carbons (Fsp3) is 0.280.